The summed E-state index contributed by atoms with van der Waals surface area (Å²) in [5.41, 5.74) is 3.54. The predicted molar refractivity (Wildman–Crippen MR) is 105 cm³/mol. The van der Waals surface area contributed by atoms with Crippen molar-refractivity contribution in [2.45, 2.75) is 46.6 Å². The molecule has 0 aromatic heterocycles. The molecule has 0 bridgehead atoms. The SMILES string of the molecule is CCCc1ccc(OCCNC(=O)[C@@H](C)Oc2cc(C)cc(C)c2)cc1. The molecule has 2 rings (SSSR count). The summed E-state index contributed by atoms with van der Waals surface area (Å²) in [6.07, 6.45) is 1.66. The van der Waals surface area contributed by atoms with Crippen LogP contribution in [0.15, 0.2) is 42.5 Å². The zero-order valence-electron chi connectivity index (χ0n) is 16.2. The summed E-state index contributed by atoms with van der Waals surface area (Å²) < 4.78 is 11.4. The van der Waals surface area contributed by atoms with E-state index in [1.54, 1.807) is 6.92 Å². The van der Waals surface area contributed by atoms with E-state index in [1.807, 2.05) is 38.1 Å². The lowest BCUT2D eigenvalue weighted by molar-refractivity contribution is -0.127. The molecule has 4 nitrogen and oxygen atoms in total. The summed E-state index contributed by atoms with van der Waals surface area (Å²) in [7, 11) is 0. The molecule has 0 fully saturated rings. The Morgan fingerprint density at radius 3 is 2.31 bits per heavy atom. The number of benzene rings is 2. The van der Waals surface area contributed by atoms with Crippen LogP contribution in [0.25, 0.3) is 0 Å². The molecular formula is C22H29NO3. The van der Waals surface area contributed by atoms with Crippen LogP contribution in [0.2, 0.25) is 0 Å². The second-order valence-corrected chi connectivity index (χ2v) is 6.62. The Balaban J connectivity index is 1.72. The van der Waals surface area contributed by atoms with Crippen molar-refractivity contribution in [3.8, 4) is 11.5 Å². The lowest BCUT2D eigenvalue weighted by Crippen LogP contribution is -2.38. The van der Waals surface area contributed by atoms with Crippen molar-refractivity contribution in [2.24, 2.45) is 0 Å². The normalized spacial score (nSPS) is 11.7. The van der Waals surface area contributed by atoms with Crippen molar-refractivity contribution in [1.82, 2.24) is 5.32 Å². The minimum Gasteiger partial charge on any atom is -0.492 e. The Hall–Kier alpha value is -2.49. The molecule has 2 aromatic rings. The number of aryl methyl sites for hydroxylation is 3. The van der Waals surface area contributed by atoms with Gasteiger partial charge in [0.2, 0.25) is 0 Å². The monoisotopic (exact) mass is 355 g/mol. The van der Waals surface area contributed by atoms with E-state index in [4.69, 9.17) is 9.47 Å². The van der Waals surface area contributed by atoms with Gasteiger partial charge in [-0.3, -0.25) is 4.79 Å². The Kier molecular flexibility index (Phi) is 7.52. The highest BCUT2D eigenvalue weighted by atomic mass is 16.5. The number of nitrogens with one attached hydrogen (secondary N) is 1. The number of hydrogen-bond acceptors (Lipinski definition) is 3. The topological polar surface area (TPSA) is 47.6 Å². The van der Waals surface area contributed by atoms with Crippen molar-refractivity contribution >= 4 is 5.91 Å². The van der Waals surface area contributed by atoms with E-state index in [2.05, 4.69) is 30.4 Å². The number of hydrogen-bond donors (Lipinski definition) is 1. The van der Waals surface area contributed by atoms with E-state index < -0.39 is 6.10 Å². The van der Waals surface area contributed by atoms with Gasteiger partial charge < -0.3 is 14.8 Å². The second-order valence-electron chi connectivity index (χ2n) is 6.62. The summed E-state index contributed by atoms with van der Waals surface area (Å²) in [5.74, 6) is 1.39. The Bertz CT molecular complexity index is 690. The van der Waals surface area contributed by atoms with E-state index in [0.29, 0.717) is 18.9 Å². The second kappa shape index (κ2) is 9.85. The molecule has 1 atom stereocenters. The summed E-state index contributed by atoms with van der Waals surface area (Å²) in [6, 6.07) is 14.0. The fourth-order valence-corrected chi connectivity index (χ4v) is 2.79. The van der Waals surface area contributed by atoms with Gasteiger partial charge in [0, 0.05) is 0 Å². The van der Waals surface area contributed by atoms with Crippen LogP contribution in [-0.2, 0) is 11.2 Å². The molecule has 0 aliphatic rings. The minimum absolute atomic E-state index is 0.147. The van der Waals surface area contributed by atoms with E-state index in [9.17, 15) is 4.79 Å². The molecule has 0 unspecified atom stereocenters. The molecule has 140 valence electrons. The Labute approximate surface area is 156 Å². The first-order chi connectivity index (χ1) is 12.5. The van der Waals surface area contributed by atoms with Crippen LogP contribution in [0.4, 0.5) is 0 Å². The number of rotatable bonds is 9. The van der Waals surface area contributed by atoms with E-state index in [1.165, 1.54) is 5.56 Å². The van der Waals surface area contributed by atoms with Crippen molar-refractivity contribution in [1.29, 1.82) is 0 Å². The third kappa shape index (κ3) is 6.43. The highest BCUT2D eigenvalue weighted by molar-refractivity contribution is 5.80. The van der Waals surface area contributed by atoms with Crippen molar-refractivity contribution in [2.75, 3.05) is 13.2 Å². The lowest BCUT2D eigenvalue weighted by atomic mass is 10.1. The molecule has 4 heteroatoms. The number of carbonyl (C=O) groups excluding carboxylic acids is 1. The highest BCUT2D eigenvalue weighted by Crippen LogP contribution is 2.17. The van der Waals surface area contributed by atoms with Gasteiger partial charge in [0.05, 0.1) is 6.54 Å². The molecule has 0 radical (unpaired) electrons. The molecule has 0 aliphatic heterocycles. The number of carbonyl (C=O) groups is 1. The lowest BCUT2D eigenvalue weighted by Gasteiger charge is -2.16. The molecular weight excluding hydrogens is 326 g/mol. The van der Waals surface area contributed by atoms with Gasteiger partial charge >= 0.3 is 0 Å². The Morgan fingerprint density at radius 1 is 1.04 bits per heavy atom. The smallest absolute Gasteiger partial charge is 0.260 e. The zero-order chi connectivity index (χ0) is 18.9. The maximum atomic E-state index is 12.2. The van der Waals surface area contributed by atoms with Crippen molar-refractivity contribution in [3.63, 3.8) is 0 Å². The summed E-state index contributed by atoms with van der Waals surface area (Å²) in [5, 5.41) is 2.84. The zero-order valence-corrected chi connectivity index (χ0v) is 16.2. The predicted octanol–water partition coefficient (Wildman–Crippen LogP) is 4.22. The molecule has 0 saturated heterocycles. The Morgan fingerprint density at radius 2 is 1.69 bits per heavy atom. The van der Waals surface area contributed by atoms with Gasteiger partial charge in [-0.25, -0.2) is 0 Å². The highest BCUT2D eigenvalue weighted by Gasteiger charge is 2.14. The third-order valence-corrected chi connectivity index (χ3v) is 4.01. The van der Waals surface area contributed by atoms with E-state index >= 15 is 0 Å². The molecule has 1 N–H and O–H groups in total. The summed E-state index contributed by atoms with van der Waals surface area (Å²) >= 11 is 0. The molecule has 0 spiro atoms. The quantitative estimate of drug-likeness (QED) is 0.685. The van der Waals surface area contributed by atoms with Gasteiger partial charge in [0.15, 0.2) is 6.10 Å². The van der Waals surface area contributed by atoms with Crippen LogP contribution in [-0.4, -0.2) is 25.2 Å². The molecule has 26 heavy (non-hydrogen) atoms. The van der Waals surface area contributed by atoms with E-state index in [-0.39, 0.29) is 5.91 Å². The summed E-state index contributed by atoms with van der Waals surface area (Å²) in [4.78, 5) is 12.2. The molecule has 0 aliphatic carbocycles. The van der Waals surface area contributed by atoms with Gasteiger partial charge in [-0.05, 0) is 68.1 Å². The van der Waals surface area contributed by atoms with Crippen LogP contribution in [0.5, 0.6) is 11.5 Å². The minimum atomic E-state index is -0.551. The van der Waals surface area contributed by atoms with Gasteiger partial charge in [-0.15, -0.1) is 0 Å². The van der Waals surface area contributed by atoms with Gasteiger partial charge in [-0.1, -0.05) is 31.5 Å². The van der Waals surface area contributed by atoms with Crippen LogP contribution in [0.1, 0.15) is 37.0 Å². The maximum absolute atomic E-state index is 12.2. The standard InChI is InChI=1S/C22H29NO3/c1-5-6-19-7-9-20(10-8-19)25-12-11-23-22(24)18(4)26-21-14-16(2)13-17(3)15-21/h7-10,13-15,18H,5-6,11-12H2,1-4H3,(H,23,24)/t18-/m1/s1. The van der Waals surface area contributed by atoms with Crippen LogP contribution >= 0.6 is 0 Å². The first kappa shape index (κ1) is 19.8. The molecule has 2 aromatic carbocycles. The largest absolute Gasteiger partial charge is 0.492 e. The van der Waals surface area contributed by atoms with Gasteiger partial charge in [0.1, 0.15) is 18.1 Å². The summed E-state index contributed by atoms with van der Waals surface area (Å²) in [6.45, 7) is 8.80. The molecule has 1 amide bonds. The van der Waals surface area contributed by atoms with Gasteiger partial charge in [-0.2, -0.15) is 0 Å². The molecule has 0 saturated carbocycles. The van der Waals surface area contributed by atoms with Crippen LogP contribution in [0.3, 0.4) is 0 Å². The third-order valence-electron chi connectivity index (χ3n) is 4.01. The first-order valence-electron chi connectivity index (χ1n) is 9.22. The average molecular weight is 355 g/mol. The maximum Gasteiger partial charge on any atom is 0.260 e. The van der Waals surface area contributed by atoms with Crippen molar-refractivity contribution in [3.05, 3.63) is 59.2 Å². The van der Waals surface area contributed by atoms with E-state index in [0.717, 1.165) is 29.7 Å². The number of ether oxygens (including phenoxy) is 2. The first-order valence-corrected chi connectivity index (χ1v) is 9.22. The van der Waals surface area contributed by atoms with Crippen LogP contribution < -0.4 is 14.8 Å². The number of amides is 1. The average Bonchev–Trinajstić information content (AvgIpc) is 2.59. The fraction of sp³-hybridized carbons (Fsp3) is 0.409. The molecule has 0 heterocycles. The van der Waals surface area contributed by atoms with Gasteiger partial charge in [0.25, 0.3) is 5.91 Å². The van der Waals surface area contributed by atoms with Crippen LogP contribution in [0, 0.1) is 13.8 Å². The fourth-order valence-electron chi connectivity index (χ4n) is 2.79. The van der Waals surface area contributed by atoms with Crippen molar-refractivity contribution < 1.29 is 14.3 Å².